The second-order valence-corrected chi connectivity index (χ2v) is 3.06. The maximum absolute atomic E-state index is 10.6. The summed E-state index contributed by atoms with van der Waals surface area (Å²) < 4.78 is 0. The third-order valence-corrected chi connectivity index (χ3v) is 2.04. The summed E-state index contributed by atoms with van der Waals surface area (Å²) in [6.07, 6.45) is 6.52. The number of hydrogen-bond acceptors (Lipinski definition) is 2. The molecule has 0 N–H and O–H groups in total. The van der Waals surface area contributed by atoms with Gasteiger partial charge in [0.05, 0.1) is 6.04 Å². The number of carbonyl (C=O) groups excluding carboxylic acids is 1. The Hall–Kier alpha value is -1.25. The molecule has 1 rings (SSSR count). The number of amides is 1. The highest BCUT2D eigenvalue weighted by Gasteiger charge is 2.17. The van der Waals surface area contributed by atoms with Crippen molar-refractivity contribution in [1.29, 1.82) is 0 Å². The quantitative estimate of drug-likeness (QED) is 0.567. The molecule has 0 bridgehead atoms. The summed E-state index contributed by atoms with van der Waals surface area (Å²) in [4.78, 5) is 14.2. The van der Waals surface area contributed by atoms with Crippen molar-refractivity contribution < 1.29 is 4.79 Å². The van der Waals surface area contributed by atoms with Crippen molar-refractivity contribution in [1.82, 2.24) is 9.80 Å². The van der Waals surface area contributed by atoms with Gasteiger partial charge in [-0.15, -0.1) is 0 Å². The summed E-state index contributed by atoms with van der Waals surface area (Å²) in [5.74, 6) is 0. The Morgan fingerprint density at radius 2 is 2.25 bits per heavy atom. The molecule has 3 nitrogen and oxygen atoms in total. The molecular weight excluding hydrogens is 152 g/mol. The predicted molar refractivity (Wildman–Crippen MR) is 48.3 cm³/mol. The van der Waals surface area contributed by atoms with Crippen molar-refractivity contribution in [2.75, 3.05) is 14.1 Å². The van der Waals surface area contributed by atoms with Gasteiger partial charge >= 0.3 is 0 Å². The highest BCUT2D eigenvalue weighted by Crippen LogP contribution is 2.15. The van der Waals surface area contributed by atoms with Crippen LogP contribution in [-0.4, -0.2) is 36.3 Å². The highest BCUT2D eigenvalue weighted by molar-refractivity contribution is 5.52. The molecule has 0 radical (unpaired) electrons. The number of nitrogens with zero attached hydrogens (tertiary/aromatic N) is 2. The second kappa shape index (κ2) is 3.43. The van der Waals surface area contributed by atoms with E-state index in [-0.39, 0.29) is 6.04 Å². The van der Waals surface area contributed by atoms with Crippen molar-refractivity contribution in [3.05, 3.63) is 24.0 Å². The normalized spacial score (nSPS) is 22.1. The summed E-state index contributed by atoms with van der Waals surface area (Å²) >= 11 is 0. The van der Waals surface area contributed by atoms with Gasteiger partial charge in [0.2, 0.25) is 6.41 Å². The zero-order valence-corrected chi connectivity index (χ0v) is 7.69. The highest BCUT2D eigenvalue weighted by atomic mass is 16.1. The molecule has 0 aromatic carbocycles. The van der Waals surface area contributed by atoms with Gasteiger partial charge in [-0.3, -0.25) is 4.79 Å². The third-order valence-electron chi connectivity index (χ3n) is 2.04. The lowest BCUT2D eigenvalue weighted by atomic mass is 10.1. The van der Waals surface area contributed by atoms with Crippen LogP contribution in [0.3, 0.4) is 0 Å². The molecule has 12 heavy (non-hydrogen) atoms. The Morgan fingerprint density at radius 1 is 1.58 bits per heavy atom. The van der Waals surface area contributed by atoms with E-state index in [1.165, 1.54) is 0 Å². The Morgan fingerprint density at radius 3 is 2.75 bits per heavy atom. The molecule has 0 aromatic heterocycles. The first-order valence-electron chi connectivity index (χ1n) is 3.95. The third kappa shape index (κ3) is 1.49. The fraction of sp³-hybridized carbons (Fsp3) is 0.444. The summed E-state index contributed by atoms with van der Waals surface area (Å²) in [5.41, 5.74) is 1.14. The topological polar surface area (TPSA) is 23.6 Å². The first kappa shape index (κ1) is 8.84. The summed E-state index contributed by atoms with van der Waals surface area (Å²) in [6, 6.07) is 0.141. The zero-order valence-electron chi connectivity index (χ0n) is 7.69. The lowest BCUT2D eigenvalue weighted by Gasteiger charge is -2.31. The van der Waals surface area contributed by atoms with E-state index in [1.54, 1.807) is 11.1 Å². The van der Waals surface area contributed by atoms with Crippen LogP contribution in [0.2, 0.25) is 0 Å². The van der Waals surface area contributed by atoms with Gasteiger partial charge in [-0.05, 0) is 19.1 Å². The number of likely N-dealkylation sites (N-methyl/N-ethyl adjacent to an activating group) is 1. The van der Waals surface area contributed by atoms with E-state index in [0.29, 0.717) is 0 Å². The van der Waals surface area contributed by atoms with Crippen LogP contribution in [-0.2, 0) is 4.79 Å². The van der Waals surface area contributed by atoms with Gasteiger partial charge in [0.25, 0.3) is 0 Å². The lowest BCUT2D eigenvalue weighted by molar-refractivity contribution is -0.117. The number of rotatable bonds is 2. The standard InChI is InChI=1S/C9H14N2O/c1-8-9(10(2)3)5-4-6-11(8)7-12/h4-8H,1-3H3. The smallest absolute Gasteiger partial charge is 0.214 e. The van der Waals surface area contributed by atoms with E-state index in [9.17, 15) is 4.79 Å². The van der Waals surface area contributed by atoms with Gasteiger partial charge in [-0.1, -0.05) is 0 Å². The molecule has 66 valence electrons. The fourth-order valence-electron chi connectivity index (χ4n) is 1.31. The van der Waals surface area contributed by atoms with E-state index in [4.69, 9.17) is 0 Å². The van der Waals surface area contributed by atoms with E-state index < -0.39 is 0 Å². The first-order chi connectivity index (χ1) is 5.66. The molecule has 0 fully saturated rings. The summed E-state index contributed by atoms with van der Waals surface area (Å²) in [5, 5.41) is 0. The Labute approximate surface area is 73.0 Å². The lowest BCUT2D eigenvalue weighted by Crippen LogP contribution is -2.35. The summed E-state index contributed by atoms with van der Waals surface area (Å²) in [6.45, 7) is 2.00. The van der Waals surface area contributed by atoms with Crippen molar-refractivity contribution in [2.24, 2.45) is 0 Å². The number of hydrogen-bond donors (Lipinski definition) is 0. The van der Waals surface area contributed by atoms with Gasteiger partial charge in [-0.25, -0.2) is 0 Å². The Bertz CT molecular complexity index is 231. The van der Waals surface area contributed by atoms with E-state index >= 15 is 0 Å². The molecule has 0 aromatic rings. The van der Waals surface area contributed by atoms with Gasteiger partial charge < -0.3 is 9.80 Å². The van der Waals surface area contributed by atoms with E-state index in [1.807, 2.05) is 38.1 Å². The molecule has 0 saturated carbocycles. The average molecular weight is 166 g/mol. The fourth-order valence-corrected chi connectivity index (χ4v) is 1.31. The predicted octanol–water partition coefficient (Wildman–Crippen LogP) is 0.806. The van der Waals surface area contributed by atoms with Crippen molar-refractivity contribution >= 4 is 6.41 Å². The Kier molecular flexibility index (Phi) is 2.53. The molecule has 1 amide bonds. The minimum absolute atomic E-state index is 0.141. The van der Waals surface area contributed by atoms with Gasteiger partial charge in [0.15, 0.2) is 0 Å². The largest absolute Gasteiger partial charge is 0.379 e. The maximum atomic E-state index is 10.6. The number of carbonyl (C=O) groups is 1. The molecule has 1 aliphatic heterocycles. The van der Waals surface area contributed by atoms with Crippen LogP contribution >= 0.6 is 0 Å². The zero-order chi connectivity index (χ0) is 9.14. The van der Waals surface area contributed by atoms with Crippen LogP contribution in [0.4, 0.5) is 0 Å². The van der Waals surface area contributed by atoms with Gasteiger partial charge in [-0.2, -0.15) is 0 Å². The molecule has 1 unspecified atom stereocenters. The number of allylic oxidation sites excluding steroid dienone is 2. The molecule has 3 heteroatoms. The van der Waals surface area contributed by atoms with Crippen LogP contribution in [0.1, 0.15) is 6.92 Å². The van der Waals surface area contributed by atoms with Crippen molar-refractivity contribution in [3.63, 3.8) is 0 Å². The molecule has 0 saturated heterocycles. The van der Waals surface area contributed by atoms with Crippen LogP contribution in [0.5, 0.6) is 0 Å². The molecule has 1 aliphatic rings. The van der Waals surface area contributed by atoms with Crippen LogP contribution in [0.15, 0.2) is 24.0 Å². The minimum Gasteiger partial charge on any atom is -0.379 e. The summed E-state index contributed by atoms with van der Waals surface area (Å²) in [7, 11) is 3.95. The maximum Gasteiger partial charge on any atom is 0.214 e. The van der Waals surface area contributed by atoms with Gasteiger partial charge in [0, 0.05) is 26.0 Å². The van der Waals surface area contributed by atoms with Gasteiger partial charge in [0.1, 0.15) is 0 Å². The Balaban J connectivity index is 2.82. The molecule has 1 heterocycles. The van der Waals surface area contributed by atoms with E-state index in [0.717, 1.165) is 12.1 Å². The minimum atomic E-state index is 0.141. The average Bonchev–Trinajstić information content (AvgIpc) is 2.04. The molecular formula is C9H14N2O. The van der Waals surface area contributed by atoms with Crippen LogP contribution in [0.25, 0.3) is 0 Å². The van der Waals surface area contributed by atoms with Crippen LogP contribution < -0.4 is 0 Å². The SMILES string of the molecule is CC1C(N(C)C)=CC=CN1C=O. The van der Waals surface area contributed by atoms with Crippen molar-refractivity contribution in [3.8, 4) is 0 Å². The van der Waals surface area contributed by atoms with Crippen LogP contribution in [0, 0.1) is 0 Å². The molecule has 1 atom stereocenters. The van der Waals surface area contributed by atoms with Crippen molar-refractivity contribution in [2.45, 2.75) is 13.0 Å². The molecule has 0 aliphatic carbocycles. The first-order valence-corrected chi connectivity index (χ1v) is 3.95. The second-order valence-electron chi connectivity index (χ2n) is 3.06. The molecule has 0 spiro atoms. The monoisotopic (exact) mass is 166 g/mol. The van der Waals surface area contributed by atoms with E-state index in [2.05, 4.69) is 0 Å².